The van der Waals surface area contributed by atoms with E-state index in [1.807, 2.05) is 55.5 Å². The molecule has 9 heteroatoms. The molecule has 0 bridgehead atoms. The first kappa shape index (κ1) is 27.5. The molecule has 5 rings (SSSR count). The molecule has 0 aliphatic rings. The van der Waals surface area contributed by atoms with Gasteiger partial charge in [0.1, 0.15) is 12.4 Å². The summed E-state index contributed by atoms with van der Waals surface area (Å²) >= 11 is 0. The summed E-state index contributed by atoms with van der Waals surface area (Å²) < 4.78 is 3.05. The summed E-state index contributed by atoms with van der Waals surface area (Å²) in [5.41, 5.74) is 6.34. The van der Waals surface area contributed by atoms with Crippen molar-refractivity contribution in [2.75, 3.05) is 0 Å². The molecule has 2 N–H and O–H groups in total. The highest BCUT2D eigenvalue weighted by Crippen LogP contribution is 2.36. The fraction of sp³-hybridized carbons (Fsp3) is 0.219. The number of hydrogen-bond donors (Lipinski definition) is 2. The minimum absolute atomic E-state index is 0.219. The average molecular weight is 551 g/mol. The lowest BCUT2D eigenvalue weighted by Crippen LogP contribution is -2.27. The van der Waals surface area contributed by atoms with Crippen LogP contribution in [0.3, 0.4) is 0 Å². The molecule has 0 aliphatic carbocycles. The van der Waals surface area contributed by atoms with Crippen LogP contribution in [-0.4, -0.2) is 41.5 Å². The van der Waals surface area contributed by atoms with Crippen LogP contribution in [0, 0.1) is 13.8 Å². The molecule has 0 aliphatic heterocycles. The van der Waals surface area contributed by atoms with Crippen LogP contribution in [0.5, 0.6) is 0 Å². The molecule has 0 unspecified atom stereocenters. The molecule has 41 heavy (non-hydrogen) atoms. The number of benzene rings is 3. The topological polar surface area (TPSA) is 127 Å². The second kappa shape index (κ2) is 11.2. The summed E-state index contributed by atoms with van der Waals surface area (Å²) in [6.07, 6.45) is 2.62. The molecular formula is C32H30N4O5. The van der Waals surface area contributed by atoms with Crippen LogP contribution < -0.4 is 5.56 Å². The van der Waals surface area contributed by atoms with E-state index in [9.17, 15) is 24.6 Å². The van der Waals surface area contributed by atoms with E-state index in [-0.39, 0.29) is 5.56 Å². The third-order valence-electron chi connectivity index (χ3n) is 7.22. The number of aromatic carboxylic acids is 1. The van der Waals surface area contributed by atoms with Crippen LogP contribution in [-0.2, 0) is 17.8 Å². The first-order valence-electron chi connectivity index (χ1n) is 13.4. The van der Waals surface area contributed by atoms with Crippen LogP contribution in [0.15, 0.2) is 71.5 Å². The smallest absolute Gasteiger partial charge is 0.336 e. The lowest BCUT2D eigenvalue weighted by Gasteiger charge is -2.16. The van der Waals surface area contributed by atoms with Gasteiger partial charge in [0.25, 0.3) is 5.56 Å². The van der Waals surface area contributed by atoms with Crippen LogP contribution in [0.25, 0.3) is 39.1 Å². The number of para-hydroxylation sites is 1. The van der Waals surface area contributed by atoms with Gasteiger partial charge in [-0.15, -0.1) is 0 Å². The van der Waals surface area contributed by atoms with E-state index in [0.717, 1.165) is 63.2 Å². The number of imidazole rings is 1. The Bertz CT molecular complexity index is 1870. The van der Waals surface area contributed by atoms with E-state index in [1.165, 1.54) is 6.07 Å². The fourth-order valence-electron chi connectivity index (χ4n) is 5.24. The van der Waals surface area contributed by atoms with Crippen molar-refractivity contribution in [2.45, 2.75) is 46.6 Å². The summed E-state index contributed by atoms with van der Waals surface area (Å²) in [6, 6.07) is 20.0. The normalized spacial score (nSPS) is 11.2. The number of carboxylic acids is 2. The van der Waals surface area contributed by atoms with E-state index in [1.54, 1.807) is 19.1 Å². The molecule has 208 valence electrons. The molecule has 0 fully saturated rings. The zero-order valence-corrected chi connectivity index (χ0v) is 23.1. The highest BCUT2D eigenvalue weighted by Gasteiger charge is 2.22. The predicted octanol–water partition coefficient (Wildman–Crippen LogP) is 5.66. The monoisotopic (exact) mass is 550 g/mol. The Kier molecular flexibility index (Phi) is 7.52. The van der Waals surface area contributed by atoms with E-state index >= 15 is 0 Å². The number of fused-ring (bicyclic) bond motifs is 1. The molecule has 2 heterocycles. The molecule has 0 saturated carbocycles. The Hall–Kier alpha value is -5.05. The number of aromatic nitrogens is 4. The van der Waals surface area contributed by atoms with Gasteiger partial charge in [-0.05, 0) is 55.2 Å². The molecule has 0 spiro atoms. The third kappa shape index (κ3) is 5.14. The van der Waals surface area contributed by atoms with Crippen LogP contribution >= 0.6 is 0 Å². The van der Waals surface area contributed by atoms with Crippen molar-refractivity contribution in [2.24, 2.45) is 0 Å². The lowest BCUT2D eigenvalue weighted by molar-refractivity contribution is -0.138. The lowest BCUT2D eigenvalue weighted by atomic mass is 9.97. The first-order valence-corrected chi connectivity index (χ1v) is 13.4. The summed E-state index contributed by atoms with van der Waals surface area (Å²) in [7, 11) is 0. The number of aryl methyl sites for hydroxylation is 3. The van der Waals surface area contributed by atoms with E-state index in [0.29, 0.717) is 16.8 Å². The Morgan fingerprint density at radius 1 is 0.902 bits per heavy atom. The maximum atomic E-state index is 12.4. The fourth-order valence-corrected chi connectivity index (χ4v) is 5.24. The van der Waals surface area contributed by atoms with Crippen molar-refractivity contribution in [1.29, 1.82) is 0 Å². The van der Waals surface area contributed by atoms with Crippen molar-refractivity contribution in [3.8, 4) is 28.1 Å². The van der Waals surface area contributed by atoms with Gasteiger partial charge in [-0.2, -0.15) is 5.10 Å². The summed E-state index contributed by atoms with van der Waals surface area (Å²) in [6.45, 7) is 5.31. The van der Waals surface area contributed by atoms with Crippen molar-refractivity contribution in [1.82, 2.24) is 19.3 Å². The van der Waals surface area contributed by atoms with Gasteiger partial charge in [0.2, 0.25) is 0 Å². The van der Waals surface area contributed by atoms with Gasteiger partial charge in [-0.25, -0.2) is 14.5 Å². The van der Waals surface area contributed by atoms with Gasteiger partial charge < -0.3 is 10.2 Å². The van der Waals surface area contributed by atoms with E-state index in [2.05, 4.69) is 16.6 Å². The quantitative estimate of drug-likeness (QED) is 0.242. The molecular weight excluding hydrogens is 520 g/mol. The van der Waals surface area contributed by atoms with Crippen LogP contribution in [0.4, 0.5) is 0 Å². The first-order chi connectivity index (χ1) is 19.7. The maximum absolute atomic E-state index is 12.4. The Morgan fingerprint density at radius 2 is 1.61 bits per heavy atom. The Labute approximate surface area is 236 Å². The standard InChI is InChI=1S/C32H30N4O5/c1-4-5-14-27-33-31-20(3)21(30-19(2)17-28(37)35(34-30)18-29(38)39)15-16-26(31)36(27)25-13-9-8-11-23(25)22-10-6-7-12-24(22)32(40)41/h6-13,15-17H,4-5,14,18H2,1-3H3,(H,38,39)(H,40,41). The van der Waals surface area contributed by atoms with E-state index < -0.39 is 24.0 Å². The third-order valence-corrected chi connectivity index (χ3v) is 7.22. The number of nitrogens with zero attached hydrogens (tertiary/aromatic N) is 4. The average Bonchev–Trinajstić information content (AvgIpc) is 3.32. The summed E-state index contributed by atoms with van der Waals surface area (Å²) in [5.74, 6) is -1.29. The van der Waals surface area contributed by atoms with Gasteiger partial charge in [0, 0.05) is 23.6 Å². The molecule has 0 amide bonds. The molecule has 3 aromatic carbocycles. The number of rotatable bonds is 9. The van der Waals surface area contributed by atoms with Crippen LogP contribution in [0.1, 0.15) is 47.1 Å². The van der Waals surface area contributed by atoms with Gasteiger partial charge >= 0.3 is 11.9 Å². The van der Waals surface area contributed by atoms with Gasteiger partial charge in [0.15, 0.2) is 0 Å². The van der Waals surface area contributed by atoms with Gasteiger partial charge in [-0.3, -0.25) is 14.2 Å². The minimum Gasteiger partial charge on any atom is -0.480 e. The number of hydrogen-bond acceptors (Lipinski definition) is 5. The highest BCUT2D eigenvalue weighted by atomic mass is 16.4. The largest absolute Gasteiger partial charge is 0.480 e. The highest BCUT2D eigenvalue weighted by molar-refractivity contribution is 5.98. The van der Waals surface area contributed by atoms with Gasteiger partial charge in [-0.1, -0.05) is 55.8 Å². The zero-order valence-electron chi connectivity index (χ0n) is 23.1. The molecule has 0 radical (unpaired) electrons. The van der Waals surface area contributed by atoms with E-state index in [4.69, 9.17) is 4.98 Å². The van der Waals surface area contributed by atoms with Gasteiger partial charge in [0.05, 0.1) is 28.0 Å². The molecule has 0 saturated heterocycles. The summed E-state index contributed by atoms with van der Waals surface area (Å²) in [4.78, 5) is 40.8. The van der Waals surface area contributed by atoms with Crippen LogP contribution in [0.2, 0.25) is 0 Å². The maximum Gasteiger partial charge on any atom is 0.336 e. The molecule has 2 aromatic heterocycles. The SMILES string of the molecule is CCCCc1nc2c(C)c(-c3nn(CC(=O)O)c(=O)cc3C)ccc2n1-c1ccccc1-c1ccccc1C(=O)O. The number of unbranched alkanes of at least 4 members (excludes halogenated alkanes) is 1. The van der Waals surface area contributed by atoms with Crippen molar-refractivity contribution in [3.05, 3.63) is 99.6 Å². The van der Waals surface area contributed by atoms with Crippen molar-refractivity contribution >= 4 is 23.0 Å². The van der Waals surface area contributed by atoms with Crippen molar-refractivity contribution in [3.63, 3.8) is 0 Å². The molecule has 5 aromatic rings. The predicted molar refractivity (Wildman–Crippen MR) is 157 cm³/mol. The summed E-state index contributed by atoms with van der Waals surface area (Å²) in [5, 5.41) is 23.5. The number of carboxylic acid groups (broad SMARTS) is 2. The number of aliphatic carboxylic acids is 1. The second-order valence-electron chi connectivity index (χ2n) is 10.0. The molecule has 9 nitrogen and oxygen atoms in total. The zero-order chi connectivity index (χ0) is 29.3. The van der Waals surface area contributed by atoms with Crippen molar-refractivity contribution < 1.29 is 19.8 Å². The molecule has 0 atom stereocenters. The second-order valence-corrected chi connectivity index (χ2v) is 10.0. The Morgan fingerprint density at radius 3 is 2.32 bits per heavy atom. The number of carbonyl (C=O) groups is 2. The Balaban J connectivity index is 1.76. The minimum atomic E-state index is -1.15.